The van der Waals surface area contributed by atoms with Crippen LogP contribution in [0, 0.1) is 5.92 Å². The number of nitrogens with one attached hydrogen (secondary N) is 2. The van der Waals surface area contributed by atoms with Gasteiger partial charge in [0, 0.05) is 6.42 Å². The van der Waals surface area contributed by atoms with Crippen LogP contribution >= 0.6 is 0 Å². The first-order chi connectivity index (χ1) is 8.48. The van der Waals surface area contributed by atoms with Crippen molar-refractivity contribution < 1.29 is 14.7 Å². The molecule has 18 heavy (non-hydrogen) atoms. The van der Waals surface area contributed by atoms with Crippen molar-refractivity contribution in [2.24, 2.45) is 5.92 Å². The average Bonchev–Trinajstić information content (AvgIpc) is 2.30. The molecule has 0 bridgehead atoms. The van der Waals surface area contributed by atoms with Crippen LogP contribution in [0.15, 0.2) is 0 Å². The Morgan fingerprint density at radius 2 is 2.00 bits per heavy atom. The van der Waals surface area contributed by atoms with Crippen LogP contribution in [0.1, 0.15) is 46.0 Å². The molecule has 5 heteroatoms. The molecule has 1 atom stereocenters. The third-order valence-electron chi connectivity index (χ3n) is 3.57. The van der Waals surface area contributed by atoms with E-state index in [-0.39, 0.29) is 5.91 Å². The van der Waals surface area contributed by atoms with Crippen LogP contribution in [-0.2, 0) is 9.59 Å². The molecule has 1 amide bonds. The van der Waals surface area contributed by atoms with Gasteiger partial charge in [-0.3, -0.25) is 4.79 Å². The molecule has 3 N–H and O–H groups in total. The van der Waals surface area contributed by atoms with Gasteiger partial charge in [-0.05, 0) is 45.2 Å². The highest BCUT2D eigenvalue weighted by molar-refractivity contribution is 5.86. The third-order valence-corrected chi connectivity index (χ3v) is 3.57. The van der Waals surface area contributed by atoms with E-state index in [1.807, 2.05) is 6.92 Å². The summed E-state index contributed by atoms with van der Waals surface area (Å²) < 4.78 is 0. The summed E-state index contributed by atoms with van der Waals surface area (Å²) in [5.74, 6) is -0.714. The molecule has 0 aromatic carbocycles. The van der Waals surface area contributed by atoms with E-state index in [0.717, 1.165) is 32.4 Å². The Kier molecular flexibility index (Phi) is 5.59. The smallest absolute Gasteiger partial charge is 0.329 e. The number of hydrogen-bond donors (Lipinski definition) is 3. The van der Waals surface area contributed by atoms with Crippen molar-refractivity contribution in [1.82, 2.24) is 10.6 Å². The van der Waals surface area contributed by atoms with Crippen molar-refractivity contribution in [3.05, 3.63) is 0 Å². The molecule has 104 valence electrons. The summed E-state index contributed by atoms with van der Waals surface area (Å²) in [4.78, 5) is 23.1. The lowest BCUT2D eigenvalue weighted by Crippen LogP contribution is -2.52. The van der Waals surface area contributed by atoms with Gasteiger partial charge in [0.15, 0.2) is 0 Å². The number of carboxylic acid groups (broad SMARTS) is 1. The van der Waals surface area contributed by atoms with Crippen LogP contribution in [0.2, 0.25) is 0 Å². The first-order valence-corrected chi connectivity index (χ1v) is 6.73. The Labute approximate surface area is 108 Å². The second-order valence-corrected chi connectivity index (χ2v) is 5.33. The summed E-state index contributed by atoms with van der Waals surface area (Å²) in [6.45, 7) is 5.39. The fourth-order valence-electron chi connectivity index (χ4n) is 2.43. The average molecular weight is 256 g/mol. The molecule has 1 unspecified atom stereocenters. The van der Waals surface area contributed by atoms with Gasteiger partial charge in [-0.25, -0.2) is 4.79 Å². The number of amides is 1. The highest BCUT2D eigenvalue weighted by Gasteiger charge is 2.34. The van der Waals surface area contributed by atoms with E-state index in [1.54, 1.807) is 6.92 Å². The Balaban J connectivity index is 2.48. The minimum absolute atomic E-state index is 0.139. The predicted molar refractivity (Wildman–Crippen MR) is 69.3 cm³/mol. The molecular weight excluding hydrogens is 232 g/mol. The largest absolute Gasteiger partial charge is 0.480 e. The highest BCUT2D eigenvalue weighted by Crippen LogP contribution is 2.18. The number of rotatable bonds is 6. The standard InChI is InChI=1S/C13H24N2O3/c1-3-6-13(2,12(17)18)15-11(16)9-10-4-7-14-8-5-10/h10,14H,3-9H2,1-2H3,(H,15,16)(H,17,18). The Morgan fingerprint density at radius 1 is 1.39 bits per heavy atom. The molecule has 1 aliphatic rings. The SMILES string of the molecule is CCCC(C)(NC(=O)CC1CCNCC1)C(=O)O. The van der Waals surface area contributed by atoms with Crippen LogP contribution in [0.3, 0.4) is 0 Å². The maximum absolute atomic E-state index is 11.9. The first-order valence-electron chi connectivity index (χ1n) is 6.73. The van der Waals surface area contributed by atoms with Crippen LogP contribution in [-0.4, -0.2) is 35.6 Å². The van der Waals surface area contributed by atoms with Crippen molar-refractivity contribution in [2.75, 3.05) is 13.1 Å². The van der Waals surface area contributed by atoms with Gasteiger partial charge in [0.1, 0.15) is 5.54 Å². The maximum Gasteiger partial charge on any atom is 0.329 e. The molecule has 1 aliphatic heterocycles. The molecule has 0 aromatic heterocycles. The van der Waals surface area contributed by atoms with Crippen molar-refractivity contribution in [3.63, 3.8) is 0 Å². The molecule has 0 aromatic rings. The lowest BCUT2D eigenvalue weighted by atomic mass is 9.92. The van der Waals surface area contributed by atoms with Crippen molar-refractivity contribution in [2.45, 2.75) is 51.5 Å². The Hall–Kier alpha value is -1.10. The Bertz CT molecular complexity index is 301. The van der Waals surface area contributed by atoms with Gasteiger partial charge in [-0.15, -0.1) is 0 Å². The summed E-state index contributed by atoms with van der Waals surface area (Å²) >= 11 is 0. The molecule has 1 fully saturated rings. The number of hydrogen-bond acceptors (Lipinski definition) is 3. The summed E-state index contributed by atoms with van der Waals surface area (Å²) in [7, 11) is 0. The van der Waals surface area contributed by atoms with Gasteiger partial charge >= 0.3 is 5.97 Å². The third kappa shape index (κ3) is 4.29. The Morgan fingerprint density at radius 3 is 2.50 bits per heavy atom. The zero-order chi connectivity index (χ0) is 13.6. The fourth-order valence-corrected chi connectivity index (χ4v) is 2.43. The predicted octanol–water partition coefficient (Wildman–Crippen LogP) is 1.14. The number of piperidine rings is 1. The molecule has 5 nitrogen and oxygen atoms in total. The molecule has 0 radical (unpaired) electrons. The van der Waals surface area contributed by atoms with Crippen molar-refractivity contribution in [3.8, 4) is 0 Å². The quantitative estimate of drug-likeness (QED) is 0.666. The van der Waals surface area contributed by atoms with Gasteiger partial charge in [0.2, 0.25) is 5.91 Å². The monoisotopic (exact) mass is 256 g/mol. The molecule has 1 rings (SSSR count). The zero-order valence-corrected chi connectivity index (χ0v) is 11.3. The second-order valence-electron chi connectivity index (χ2n) is 5.33. The lowest BCUT2D eigenvalue weighted by molar-refractivity contribution is -0.147. The summed E-state index contributed by atoms with van der Waals surface area (Å²) in [5.41, 5.74) is -1.13. The molecule has 0 spiro atoms. The number of carbonyl (C=O) groups is 2. The van der Waals surface area contributed by atoms with Crippen molar-refractivity contribution >= 4 is 11.9 Å². The molecular formula is C13H24N2O3. The van der Waals surface area contributed by atoms with Gasteiger partial charge in [0.25, 0.3) is 0 Å². The van der Waals surface area contributed by atoms with E-state index in [9.17, 15) is 14.7 Å². The van der Waals surface area contributed by atoms with E-state index >= 15 is 0 Å². The number of carboxylic acids is 1. The van der Waals surface area contributed by atoms with E-state index in [2.05, 4.69) is 10.6 Å². The number of aliphatic carboxylic acids is 1. The maximum atomic E-state index is 11.9. The van der Waals surface area contributed by atoms with Crippen LogP contribution < -0.4 is 10.6 Å². The highest BCUT2D eigenvalue weighted by atomic mass is 16.4. The fraction of sp³-hybridized carbons (Fsp3) is 0.846. The summed E-state index contributed by atoms with van der Waals surface area (Å²) in [6, 6.07) is 0. The normalized spacial score (nSPS) is 20.1. The first kappa shape index (κ1) is 15.0. The number of carbonyl (C=O) groups excluding carboxylic acids is 1. The minimum Gasteiger partial charge on any atom is -0.480 e. The van der Waals surface area contributed by atoms with E-state index in [1.165, 1.54) is 0 Å². The van der Waals surface area contributed by atoms with E-state index < -0.39 is 11.5 Å². The minimum atomic E-state index is -1.13. The summed E-state index contributed by atoms with van der Waals surface area (Å²) in [6.07, 6.45) is 3.61. The molecule has 0 saturated carbocycles. The van der Waals surface area contributed by atoms with Crippen molar-refractivity contribution in [1.29, 1.82) is 0 Å². The zero-order valence-electron chi connectivity index (χ0n) is 11.3. The molecule has 1 saturated heterocycles. The van der Waals surface area contributed by atoms with Crippen LogP contribution in [0.5, 0.6) is 0 Å². The molecule has 0 aliphatic carbocycles. The van der Waals surface area contributed by atoms with Gasteiger partial charge in [-0.1, -0.05) is 13.3 Å². The van der Waals surface area contributed by atoms with Gasteiger partial charge < -0.3 is 15.7 Å². The van der Waals surface area contributed by atoms with E-state index in [0.29, 0.717) is 18.8 Å². The topological polar surface area (TPSA) is 78.4 Å². The van der Waals surface area contributed by atoms with Gasteiger partial charge in [-0.2, -0.15) is 0 Å². The summed E-state index contributed by atoms with van der Waals surface area (Å²) in [5, 5.41) is 15.1. The van der Waals surface area contributed by atoms with E-state index in [4.69, 9.17) is 0 Å². The van der Waals surface area contributed by atoms with Crippen LogP contribution in [0.25, 0.3) is 0 Å². The second kappa shape index (κ2) is 6.73. The molecule has 1 heterocycles. The van der Waals surface area contributed by atoms with Crippen LogP contribution in [0.4, 0.5) is 0 Å². The lowest BCUT2D eigenvalue weighted by Gasteiger charge is -2.28. The van der Waals surface area contributed by atoms with Gasteiger partial charge in [0.05, 0.1) is 0 Å².